The fourth-order valence-electron chi connectivity index (χ4n) is 1.60. The lowest BCUT2D eigenvalue weighted by Crippen LogP contribution is -2.51. The summed E-state index contributed by atoms with van der Waals surface area (Å²) >= 11 is 9.21. The van der Waals surface area contributed by atoms with Crippen LogP contribution in [0.5, 0.6) is 0 Å². The molecule has 0 radical (unpaired) electrons. The van der Waals surface area contributed by atoms with Gasteiger partial charge < -0.3 is 15.8 Å². The lowest BCUT2D eigenvalue weighted by Gasteiger charge is -2.21. The van der Waals surface area contributed by atoms with Gasteiger partial charge in [-0.15, -0.1) is 0 Å². The predicted octanol–water partition coefficient (Wildman–Crippen LogP) is 2.16. The molecule has 0 bridgehead atoms. The van der Waals surface area contributed by atoms with E-state index < -0.39 is 5.54 Å². The van der Waals surface area contributed by atoms with Crippen molar-refractivity contribution < 1.29 is 9.53 Å². The van der Waals surface area contributed by atoms with E-state index in [1.165, 1.54) is 0 Å². The SMILES string of the molecule is NC1(C(=O)Nc2cc(Cl)ccc2Br)CCOC1. The number of halogens is 2. The predicted molar refractivity (Wildman–Crippen MR) is 70.1 cm³/mol. The average Bonchev–Trinajstić information content (AvgIpc) is 2.72. The van der Waals surface area contributed by atoms with Gasteiger partial charge in [0.1, 0.15) is 5.54 Å². The highest BCUT2D eigenvalue weighted by Crippen LogP contribution is 2.27. The summed E-state index contributed by atoms with van der Waals surface area (Å²) in [5.41, 5.74) is 5.62. The Hall–Kier alpha value is -0.620. The zero-order valence-corrected chi connectivity index (χ0v) is 11.3. The Morgan fingerprint density at radius 2 is 2.35 bits per heavy atom. The van der Waals surface area contributed by atoms with E-state index in [-0.39, 0.29) is 12.5 Å². The molecule has 1 aromatic carbocycles. The summed E-state index contributed by atoms with van der Waals surface area (Å²) in [5.74, 6) is -0.252. The van der Waals surface area contributed by atoms with Gasteiger partial charge in [0.05, 0.1) is 12.3 Å². The van der Waals surface area contributed by atoms with Crippen LogP contribution < -0.4 is 11.1 Å². The van der Waals surface area contributed by atoms with Crippen LogP contribution in [0.3, 0.4) is 0 Å². The van der Waals surface area contributed by atoms with Crippen molar-refractivity contribution in [1.82, 2.24) is 0 Å². The molecule has 6 heteroatoms. The van der Waals surface area contributed by atoms with Gasteiger partial charge in [0, 0.05) is 16.1 Å². The van der Waals surface area contributed by atoms with Crippen molar-refractivity contribution in [1.29, 1.82) is 0 Å². The molecule has 1 aliphatic heterocycles. The Morgan fingerprint density at radius 3 is 3.00 bits per heavy atom. The van der Waals surface area contributed by atoms with Gasteiger partial charge in [0.2, 0.25) is 5.91 Å². The second-order valence-corrected chi connectivity index (χ2v) is 5.33. The zero-order valence-electron chi connectivity index (χ0n) is 9.00. The third kappa shape index (κ3) is 2.80. The van der Waals surface area contributed by atoms with Crippen LogP contribution in [0, 0.1) is 0 Å². The van der Waals surface area contributed by atoms with Gasteiger partial charge in [-0.25, -0.2) is 0 Å². The first-order chi connectivity index (χ1) is 8.01. The van der Waals surface area contributed by atoms with Gasteiger partial charge in [0.15, 0.2) is 0 Å². The molecule has 3 N–H and O–H groups in total. The van der Waals surface area contributed by atoms with Crippen LogP contribution in [0.2, 0.25) is 5.02 Å². The molecule has 0 saturated carbocycles. The minimum atomic E-state index is -0.943. The molecule has 0 aliphatic carbocycles. The van der Waals surface area contributed by atoms with E-state index in [9.17, 15) is 4.79 Å². The first kappa shape index (κ1) is 12.8. The van der Waals surface area contributed by atoms with Crippen molar-refractivity contribution in [2.24, 2.45) is 5.73 Å². The molecular weight excluding hydrogens is 307 g/mol. The van der Waals surface area contributed by atoms with Gasteiger partial charge in [-0.05, 0) is 40.5 Å². The summed E-state index contributed by atoms with van der Waals surface area (Å²) in [6.07, 6.45) is 0.525. The Labute approximate surface area is 113 Å². The third-order valence-electron chi connectivity index (χ3n) is 2.68. The van der Waals surface area contributed by atoms with Crippen molar-refractivity contribution in [3.8, 4) is 0 Å². The highest BCUT2D eigenvalue weighted by molar-refractivity contribution is 9.10. The molecule has 1 aliphatic rings. The van der Waals surface area contributed by atoms with Crippen molar-refractivity contribution in [2.75, 3.05) is 18.5 Å². The standard InChI is InChI=1S/C11H12BrClN2O2/c12-8-2-1-7(13)5-9(8)15-10(16)11(14)3-4-17-6-11/h1-2,5H,3-4,6,14H2,(H,15,16). The quantitative estimate of drug-likeness (QED) is 0.878. The number of hydrogen-bond acceptors (Lipinski definition) is 3. The number of hydrogen-bond donors (Lipinski definition) is 2. The van der Waals surface area contributed by atoms with E-state index in [1.807, 2.05) is 0 Å². The van der Waals surface area contributed by atoms with Crippen LogP contribution in [-0.4, -0.2) is 24.7 Å². The van der Waals surface area contributed by atoms with Crippen LogP contribution in [0.15, 0.2) is 22.7 Å². The average molecular weight is 320 g/mol. The molecular formula is C11H12BrClN2O2. The fourth-order valence-corrected chi connectivity index (χ4v) is 2.12. The second-order valence-electron chi connectivity index (χ2n) is 4.04. The Morgan fingerprint density at radius 1 is 1.59 bits per heavy atom. The molecule has 1 atom stereocenters. The fraction of sp³-hybridized carbons (Fsp3) is 0.364. The van der Waals surface area contributed by atoms with Crippen molar-refractivity contribution in [2.45, 2.75) is 12.0 Å². The maximum Gasteiger partial charge on any atom is 0.246 e. The number of carbonyl (C=O) groups excluding carboxylic acids is 1. The molecule has 4 nitrogen and oxygen atoms in total. The molecule has 1 unspecified atom stereocenters. The van der Waals surface area contributed by atoms with Crippen LogP contribution in [0.25, 0.3) is 0 Å². The Bertz CT molecular complexity index is 447. The summed E-state index contributed by atoms with van der Waals surface area (Å²) in [7, 11) is 0. The molecule has 1 saturated heterocycles. The van der Waals surface area contributed by atoms with Gasteiger partial charge >= 0.3 is 0 Å². The third-order valence-corrected chi connectivity index (χ3v) is 3.61. The number of amides is 1. The summed E-state index contributed by atoms with van der Waals surface area (Å²) in [5, 5.41) is 3.31. The minimum absolute atomic E-state index is 0.247. The summed E-state index contributed by atoms with van der Waals surface area (Å²) in [6.45, 7) is 0.762. The van der Waals surface area contributed by atoms with Crippen molar-refractivity contribution in [3.63, 3.8) is 0 Å². The molecule has 1 heterocycles. The number of nitrogens with two attached hydrogens (primary N) is 1. The van der Waals surface area contributed by atoms with Crippen LogP contribution in [0.4, 0.5) is 5.69 Å². The molecule has 0 spiro atoms. The number of ether oxygens (including phenoxy) is 1. The Balaban J connectivity index is 2.15. The van der Waals surface area contributed by atoms with E-state index in [0.717, 1.165) is 4.47 Å². The lowest BCUT2D eigenvalue weighted by molar-refractivity contribution is -0.121. The largest absolute Gasteiger partial charge is 0.379 e. The van der Waals surface area contributed by atoms with Gasteiger partial charge in [-0.1, -0.05) is 11.6 Å². The monoisotopic (exact) mass is 318 g/mol. The van der Waals surface area contributed by atoms with E-state index in [4.69, 9.17) is 22.1 Å². The number of carbonyl (C=O) groups is 1. The van der Waals surface area contributed by atoms with Crippen LogP contribution in [0.1, 0.15) is 6.42 Å². The maximum atomic E-state index is 12.0. The van der Waals surface area contributed by atoms with Crippen molar-refractivity contribution >= 4 is 39.1 Å². The van der Waals surface area contributed by atoms with Crippen LogP contribution in [-0.2, 0) is 9.53 Å². The molecule has 1 aromatic rings. The first-order valence-electron chi connectivity index (χ1n) is 5.14. The molecule has 92 valence electrons. The topological polar surface area (TPSA) is 64.4 Å². The summed E-state index contributed by atoms with van der Waals surface area (Å²) < 4.78 is 5.91. The number of rotatable bonds is 2. The van der Waals surface area contributed by atoms with Gasteiger partial charge in [-0.3, -0.25) is 4.79 Å². The van der Waals surface area contributed by atoms with E-state index in [0.29, 0.717) is 23.7 Å². The molecule has 1 fully saturated rings. The van der Waals surface area contributed by atoms with Crippen LogP contribution >= 0.6 is 27.5 Å². The number of benzene rings is 1. The van der Waals surface area contributed by atoms with Gasteiger partial charge in [-0.2, -0.15) is 0 Å². The van der Waals surface area contributed by atoms with E-state index in [1.54, 1.807) is 18.2 Å². The van der Waals surface area contributed by atoms with E-state index in [2.05, 4.69) is 21.2 Å². The highest BCUT2D eigenvalue weighted by Gasteiger charge is 2.38. The first-order valence-corrected chi connectivity index (χ1v) is 6.31. The van der Waals surface area contributed by atoms with Crippen molar-refractivity contribution in [3.05, 3.63) is 27.7 Å². The zero-order chi connectivity index (χ0) is 12.5. The highest BCUT2D eigenvalue weighted by atomic mass is 79.9. The lowest BCUT2D eigenvalue weighted by atomic mass is 9.99. The smallest absolute Gasteiger partial charge is 0.246 e. The number of anilines is 1. The number of nitrogens with one attached hydrogen (secondary N) is 1. The van der Waals surface area contributed by atoms with Gasteiger partial charge in [0.25, 0.3) is 0 Å². The summed E-state index contributed by atoms with van der Waals surface area (Å²) in [6, 6.07) is 5.17. The maximum absolute atomic E-state index is 12.0. The molecule has 17 heavy (non-hydrogen) atoms. The Kier molecular flexibility index (Phi) is 3.73. The molecule has 0 aromatic heterocycles. The minimum Gasteiger partial charge on any atom is -0.379 e. The summed E-state index contributed by atoms with van der Waals surface area (Å²) in [4.78, 5) is 12.0. The van der Waals surface area contributed by atoms with E-state index >= 15 is 0 Å². The normalized spacial score (nSPS) is 23.7. The molecule has 2 rings (SSSR count). The second kappa shape index (κ2) is 4.94. The molecule has 1 amide bonds.